The Kier molecular flexibility index (Phi) is 6.93. The molecule has 3 aromatic rings. The number of aliphatic imine (C=N–C) groups is 1. The molecule has 0 spiro atoms. The monoisotopic (exact) mass is 456 g/mol. The Balaban J connectivity index is 1.40. The largest absolute Gasteiger partial charge is 0.404 e. The molecule has 1 amide bonds. The van der Waals surface area contributed by atoms with Gasteiger partial charge in [0, 0.05) is 34.5 Å². The van der Waals surface area contributed by atoms with Crippen LogP contribution in [-0.4, -0.2) is 23.1 Å². The van der Waals surface area contributed by atoms with Gasteiger partial charge in [0.2, 0.25) is 0 Å². The number of carbonyl (C=O) groups is 1. The minimum atomic E-state index is -0.198. The highest BCUT2D eigenvalue weighted by Gasteiger charge is 2.21. The van der Waals surface area contributed by atoms with Crippen LogP contribution in [0, 0.1) is 11.3 Å². The van der Waals surface area contributed by atoms with E-state index in [2.05, 4.69) is 21.4 Å². The van der Waals surface area contributed by atoms with E-state index >= 15 is 0 Å². The molecule has 0 radical (unpaired) electrons. The van der Waals surface area contributed by atoms with E-state index in [0.717, 1.165) is 46.5 Å². The molecule has 1 aliphatic carbocycles. The number of nitrogens with one attached hydrogen (secondary N) is 1. The highest BCUT2D eigenvalue weighted by Crippen LogP contribution is 2.29. The maximum Gasteiger partial charge on any atom is 0.257 e. The number of aryl methyl sites for hydroxylation is 1. The molecule has 7 nitrogen and oxygen atoms in total. The Hall–Kier alpha value is -3.80. The van der Waals surface area contributed by atoms with Crippen molar-refractivity contribution in [3.05, 3.63) is 87.6 Å². The molecule has 0 aliphatic heterocycles. The summed E-state index contributed by atoms with van der Waals surface area (Å²) in [5, 5.41) is 12.5. The molecule has 1 aromatic heterocycles. The fraction of sp³-hybridized carbons (Fsp3) is 0.200. The predicted molar refractivity (Wildman–Crippen MR) is 132 cm³/mol. The van der Waals surface area contributed by atoms with Crippen LogP contribution < -0.4 is 16.8 Å². The van der Waals surface area contributed by atoms with E-state index in [1.807, 2.05) is 30.3 Å². The summed E-state index contributed by atoms with van der Waals surface area (Å²) in [7, 11) is 0. The Morgan fingerprint density at radius 2 is 2.09 bits per heavy atom. The van der Waals surface area contributed by atoms with Crippen LogP contribution in [-0.2, 0) is 19.4 Å². The SMILES string of the molecule is N#Cc1ccc(C(C=NCc2cccc(C(=O)Nc3nc4c(s3)C[C@@H](N)CC4)c2)=CN)cc1. The first-order chi connectivity index (χ1) is 16.1. The molecule has 166 valence electrons. The Bertz CT molecular complexity index is 1250. The topological polar surface area (TPSA) is 130 Å². The van der Waals surface area contributed by atoms with Crippen molar-refractivity contribution < 1.29 is 4.79 Å². The summed E-state index contributed by atoms with van der Waals surface area (Å²) in [4.78, 5) is 23.0. The zero-order valence-corrected chi connectivity index (χ0v) is 18.8. The lowest BCUT2D eigenvalue weighted by atomic mass is 9.99. The van der Waals surface area contributed by atoms with Gasteiger partial charge in [-0.05, 0) is 54.7 Å². The number of benzene rings is 2. The highest BCUT2D eigenvalue weighted by molar-refractivity contribution is 7.15. The molecule has 5 N–H and O–H groups in total. The van der Waals surface area contributed by atoms with Crippen molar-refractivity contribution in [3.63, 3.8) is 0 Å². The van der Waals surface area contributed by atoms with Crippen LogP contribution in [0.15, 0.2) is 59.7 Å². The summed E-state index contributed by atoms with van der Waals surface area (Å²) < 4.78 is 0. The third kappa shape index (κ3) is 5.52. The van der Waals surface area contributed by atoms with E-state index in [0.29, 0.717) is 22.8 Å². The van der Waals surface area contributed by atoms with Crippen molar-refractivity contribution >= 4 is 34.2 Å². The van der Waals surface area contributed by atoms with Gasteiger partial charge in [-0.3, -0.25) is 15.1 Å². The number of hydrogen-bond donors (Lipinski definition) is 3. The molecule has 1 aliphatic rings. The number of allylic oxidation sites excluding steroid dienone is 1. The predicted octanol–water partition coefficient (Wildman–Crippen LogP) is 3.65. The number of nitriles is 1. The normalized spacial score (nSPS) is 15.8. The zero-order chi connectivity index (χ0) is 23.2. The van der Waals surface area contributed by atoms with Crippen molar-refractivity contribution in [2.24, 2.45) is 16.5 Å². The van der Waals surface area contributed by atoms with Crippen LogP contribution in [0.5, 0.6) is 0 Å². The standard InChI is InChI=1S/C25H24N6OS/c26-12-16-4-6-18(7-5-16)20(13-27)15-29-14-17-2-1-3-19(10-17)24(32)31-25-30-22-9-8-21(28)11-23(22)33-25/h1-7,10,13,15,21H,8-9,11,14,27-28H2,(H,30,31,32)/t21-/m0/s1. The molecular formula is C25H24N6OS. The van der Waals surface area contributed by atoms with E-state index < -0.39 is 0 Å². The Morgan fingerprint density at radius 1 is 1.27 bits per heavy atom. The maximum absolute atomic E-state index is 12.8. The minimum absolute atomic E-state index is 0.172. The van der Waals surface area contributed by atoms with Gasteiger partial charge in [0.25, 0.3) is 5.91 Å². The summed E-state index contributed by atoms with van der Waals surface area (Å²) in [6, 6.07) is 16.8. The van der Waals surface area contributed by atoms with Gasteiger partial charge in [-0.1, -0.05) is 24.3 Å². The number of nitrogens with two attached hydrogens (primary N) is 2. The molecule has 0 fully saturated rings. The molecule has 4 rings (SSSR count). The lowest BCUT2D eigenvalue weighted by molar-refractivity contribution is 0.102. The number of aromatic nitrogens is 1. The average molecular weight is 457 g/mol. The van der Waals surface area contributed by atoms with Gasteiger partial charge in [0.1, 0.15) is 0 Å². The van der Waals surface area contributed by atoms with Crippen molar-refractivity contribution in [1.82, 2.24) is 4.98 Å². The molecule has 8 heteroatoms. The van der Waals surface area contributed by atoms with Crippen LogP contribution in [0.25, 0.3) is 5.57 Å². The summed E-state index contributed by atoms with van der Waals surface area (Å²) in [5.74, 6) is -0.198. The third-order valence-corrected chi connectivity index (χ3v) is 6.45. The number of amides is 1. The third-order valence-electron chi connectivity index (χ3n) is 5.42. The molecule has 0 saturated carbocycles. The van der Waals surface area contributed by atoms with E-state index in [1.165, 1.54) is 17.5 Å². The number of thiazole rings is 1. The van der Waals surface area contributed by atoms with Gasteiger partial charge in [-0.2, -0.15) is 5.26 Å². The van der Waals surface area contributed by atoms with E-state index in [1.54, 1.807) is 24.4 Å². The number of rotatable bonds is 6. The zero-order valence-electron chi connectivity index (χ0n) is 18.0. The first-order valence-corrected chi connectivity index (χ1v) is 11.4. The van der Waals surface area contributed by atoms with Gasteiger partial charge in [-0.25, -0.2) is 4.98 Å². The summed E-state index contributed by atoms with van der Waals surface area (Å²) in [5.41, 5.74) is 16.5. The molecule has 0 saturated heterocycles. The van der Waals surface area contributed by atoms with Crippen LogP contribution in [0.1, 0.15) is 44.0 Å². The maximum atomic E-state index is 12.8. The number of anilines is 1. The van der Waals surface area contributed by atoms with E-state index in [4.69, 9.17) is 16.7 Å². The number of nitrogens with zero attached hydrogens (tertiary/aromatic N) is 3. The van der Waals surface area contributed by atoms with E-state index in [-0.39, 0.29) is 11.9 Å². The Morgan fingerprint density at radius 3 is 2.85 bits per heavy atom. The quantitative estimate of drug-likeness (QED) is 0.487. The first kappa shape index (κ1) is 22.4. The fourth-order valence-electron chi connectivity index (χ4n) is 3.63. The number of carbonyl (C=O) groups excluding carboxylic acids is 1. The second-order valence-corrected chi connectivity index (χ2v) is 8.91. The van der Waals surface area contributed by atoms with Gasteiger partial charge >= 0.3 is 0 Å². The summed E-state index contributed by atoms with van der Waals surface area (Å²) >= 11 is 1.50. The van der Waals surface area contributed by atoms with Crippen molar-refractivity contribution in [3.8, 4) is 6.07 Å². The lowest BCUT2D eigenvalue weighted by Gasteiger charge is -2.15. The van der Waals surface area contributed by atoms with Crippen LogP contribution in [0.4, 0.5) is 5.13 Å². The van der Waals surface area contributed by atoms with Gasteiger partial charge in [-0.15, -0.1) is 11.3 Å². The summed E-state index contributed by atoms with van der Waals surface area (Å²) in [6.07, 6.45) is 5.78. The van der Waals surface area contributed by atoms with Crippen molar-refractivity contribution in [1.29, 1.82) is 5.26 Å². The molecular weight excluding hydrogens is 432 g/mol. The smallest absolute Gasteiger partial charge is 0.257 e. The van der Waals surface area contributed by atoms with Gasteiger partial charge in [0.15, 0.2) is 5.13 Å². The van der Waals surface area contributed by atoms with E-state index in [9.17, 15) is 4.79 Å². The highest BCUT2D eigenvalue weighted by atomic mass is 32.1. The number of fused-ring (bicyclic) bond motifs is 1. The molecule has 1 heterocycles. The minimum Gasteiger partial charge on any atom is -0.404 e. The Labute approximate surface area is 196 Å². The molecule has 0 bridgehead atoms. The second-order valence-electron chi connectivity index (χ2n) is 7.83. The van der Waals surface area contributed by atoms with Crippen LogP contribution >= 0.6 is 11.3 Å². The van der Waals surface area contributed by atoms with Gasteiger partial charge < -0.3 is 11.5 Å². The van der Waals surface area contributed by atoms with Crippen molar-refractivity contribution in [2.75, 3.05) is 5.32 Å². The number of hydrogen-bond acceptors (Lipinski definition) is 7. The van der Waals surface area contributed by atoms with Crippen LogP contribution in [0.3, 0.4) is 0 Å². The lowest BCUT2D eigenvalue weighted by Crippen LogP contribution is -2.27. The first-order valence-electron chi connectivity index (χ1n) is 10.6. The van der Waals surface area contributed by atoms with Gasteiger partial charge in [0.05, 0.1) is 23.9 Å². The fourth-order valence-corrected chi connectivity index (χ4v) is 4.73. The molecule has 2 aromatic carbocycles. The average Bonchev–Trinajstić information content (AvgIpc) is 3.23. The van der Waals surface area contributed by atoms with Crippen molar-refractivity contribution in [2.45, 2.75) is 31.8 Å². The molecule has 33 heavy (non-hydrogen) atoms. The summed E-state index contributed by atoms with van der Waals surface area (Å²) in [6.45, 7) is 0.401. The second kappa shape index (κ2) is 10.2. The molecule has 1 atom stereocenters. The molecule has 0 unspecified atom stereocenters. The van der Waals surface area contributed by atoms with Crippen LogP contribution in [0.2, 0.25) is 0 Å².